The lowest BCUT2D eigenvalue weighted by Crippen LogP contribution is -2.41. The molecule has 0 unspecified atom stereocenters. The number of halogens is 1. The van der Waals surface area contributed by atoms with E-state index < -0.39 is 5.97 Å². The first-order valence-electron chi connectivity index (χ1n) is 13.6. The number of amides is 1. The van der Waals surface area contributed by atoms with Crippen molar-refractivity contribution in [2.45, 2.75) is 19.4 Å². The third-order valence-electron chi connectivity index (χ3n) is 7.87. The van der Waals surface area contributed by atoms with Crippen LogP contribution in [0, 0.1) is 5.92 Å². The van der Waals surface area contributed by atoms with Gasteiger partial charge in [-0.3, -0.25) is 14.6 Å². The zero-order chi connectivity index (χ0) is 28.5. The first-order chi connectivity index (χ1) is 19.9. The van der Waals surface area contributed by atoms with Gasteiger partial charge in [0.1, 0.15) is 11.4 Å². The van der Waals surface area contributed by atoms with E-state index in [9.17, 15) is 14.4 Å². The molecule has 0 spiro atoms. The second-order valence-electron chi connectivity index (χ2n) is 10.3. The molecule has 8 heteroatoms. The first kappa shape index (κ1) is 26.9. The van der Waals surface area contributed by atoms with Crippen molar-refractivity contribution >= 4 is 49.4 Å². The van der Waals surface area contributed by atoms with E-state index in [1.807, 2.05) is 77.7 Å². The predicted molar refractivity (Wildman–Crippen MR) is 163 cm³/mol. The number of nitrogens with zero attached hydrogens (tertiary/aromatic N) is 3. The Morgan fingerprint density at radius 3 is 2.37 bits per heavy atom. The van der Waals surface area contributed by atoms with Crippen molar-refractivity contribution in [3.05, 3.63) is 111 Å². The van der Waals surface area contributed by atoms with Crippen LogP contribution in [0.5, 0.6) is 0 Å². The van der Waals surface area contributed by atoms with E-state index in [-0.39, 0.29) is 23.1 Å². The van der Waals surface area contributed by atoms with Crippen LogP contribution < -0.4 is 5.56 Å². The fourth-order valence-electron chi connectivity index (χ4n) is 5.74. The van der Waals surface area contributed by atoms with Crippen LogP contribution in [-0.4, -0.2) is 46.5 Å². The van der Waals surface area contributed by atoms with E-state index in [4.69, 9.17) is 4.74 Å². The summed E-state index contributed by atoms with van der Waals surface area (Å²) < 4.78 is 7.61. The quantitative estimate of drug-likeness (QED) is 0.218. The number of likely N-dealkylation sites (tertiary alicyclic amines) is 1. The minimum Gasteiger partial charge on any atom is -0.464 e. The van der Waals surface area contributed by atoms with E-state index in [1.54, 1.807) is 16.8 Å². The van der Waals surface area contributed by atoms with Gasteiger partial charge in [-0.15, -0.1) is 0 Å². The van der Waals surface area contributed by atoms with Crippen LogP contribution in [0.25, 0.3) is 32.7 Å². The fourth-order valence-corrected chi connectivity index (χ4v) is 6.10. The standard InChI is InChI=1S/C33H28BrN3O4/c1-41-33(40)30-29(22-7-3-2-4-8-22)27-18-25(34)11-12-26(27)31(38)37(30)20-21-13-15-36(16-14-21)32(39)28-17-23-9-5-6-10-24(23)19-35-28/h2-12,17-19,21H,13-16,20H2,1H3. The van der Waals surface area contributed by atoms with E-state index in [0.717, 1.165) is 20.8 Å². The minimum atomic E-state index is -0.558. The topological polar surface area (TPSA) is 81.5 Å². The molecule has 3 heterocycles. The number of ether oxygens (including phenoxy) is 1. The van der Waals surface area contributed by atoms with Crippen LogP contribution in [0.4, 0.5) is 0 Å². The average Bonchev–Trinajstić information content (AvgIpc) is 3.02. The molecule has 1 amide bonds. The van der Waals surface area contributed by atoms with Crippen molar-refractivity contribution < 1.29 is 14.3 Å². The Morgan fingerprint density at radius 2 is 1.63 bits per heavy atom. The van der Waals surface area contributed by atoms with Crippen LogP contribution in [0.3, 0.4) is 0 Å². The van der Waals surface area contributed by atoms with Gasteiger partial charge in [0.05, 0.1) is 7.11 Å². The lowest BCUT2D eigenvalue weighted by molar-refractivity contribution is 0.0584. The Hall–Kier alpha value is -4.30. The molecular weight excluding hydrogens is 582 g/mol. The maximum absolute atomic E-state index is 13.9. The highest BCUT2D eigenvalue weighted by molar-refractivity contribution is 9.10. The molecule has 1 aliphatic heterocycles. The number of methoxy groups -OCH3 is 1. The lowest BCUT2D eigenvalue weighted by atomic mass is 9.93. The van der Waals surface area contributed by atoms with Crippen molar-refractivity contribution in [3.8, 4) is 11.1 Å². The summed E-state index contributed by atoms with van der Waals surface area (Å²) in [6.45, 7) is 1.45. The number of fused-ring (bicyclic) bond motifs is 2. The summed E-state index contributed by atoms with van der Waals surface area (Å²) in [5, 5.41) is 3.20. The number of hydrogen-bond donors (Lipinski definition) is 0. The largest absolute Gasteiger partial charge is 0.464 e. The number of rotatable bonds is 5. The van der Waals surface area contributed by atoms with Crippen molar-refractivity contribution in [1.29, 1.82) is 0 Å². The van der Waals surface area contributed by atoms with Gasteiger partial charge in [-0.1, -0.05) is 70.5 Å². The van der Waals surface area contributed by atoms with Crippen molar-refractivity contribution in [1.82, 2.24) is 14.5 Å². The Bertz CT molecular complexity index is 1840. The number of benzene rings is 3. The monoisotopic (exact) mass is 609 g/mol. The molecule has 3 aromatic carbocycles. The number of carbonyl (C=O) groups excluding carboxylic acids is 2. The third kappa shape index (κ3) is 5.15. The molecule has 0 N–H and O–H groups in total. The molecule has 5 aromatic rings. The molecule has 0 bridgehead atoms. The number of piperidine rings is 1. The van der Waals surface area contributed by atoms with Gasteiger partial charge in [-0.05, 0) is 59.4 Å². The SMILES string of the molecule is COC(=O)c1c(-c2ccccc2)c2cc(Br)ccc2c(=O)n1CC1CCN(C(=O)c2cc3ccccc3cn2)CC1. The molecule has 1 fully saturated rings. The molecule has 0 atom stereocenters. The van der Waals surface area contributed by atoms with Crippen LogP contribution in [-0.2, 0) is 11.3 Å². The van der Waals surface area contributed by atoms with Gasteiger partial charge < -0.3 is 14.2 Å². The molecule has 0 aliphatic carbocycles. The highest BCUT2D eigenvalue weighted by atomic mass is 79.9. The van der Waals surface area contributed by atoms with Gasteiger partial charge in [-0.2, -0.15) is 0 Å². The second-order valence-corrected chi connectivity index (χ2v) is 11.3. The molecule has 1 saturated heterocycles. The van der Waals surface area contributed by atoms with Crippen LogP contribution in [0.15, 0.2) is 94.3 Å². The van der Waals surface area contributed by atoms with E-state index >= 15 is 0 Å². The van der Waals surface area contributed by atoms with Crippen molar-refractivity contribution in [2.24, 2.45) is 5.92 Å². The van der Waals surface area contributed by atoms with Gasteiger partial charge >= 0.3 is 5.97 Å². The van der Waals surface area contributed by atoms with Crippen molar-refractivity contribution in [3.63, 3.8) is 0 Å². The molecule has 6 rings (SSSR count). The van der Waals surface area contributed by atoms with Gasteiger partial charge in [0.25, 0.3) is 11.5 Å². The lowest BCUT2D eigenvalue weighted by Gasteiger charge is -2.32. The maximum atomic E-state index is 13.9. The maximum Gasteiger partial charge on any atom is 0.355 e. The Labute approximate surface area is 245 Å². The summed E-state index contributed by atoms with van der Waals surface area (Å²) in [6.07, 6.45) is 3.13. The van der Waals surface area contributed by atoms with Crippen molar-refractivity contribution in [2.75, 3.05) is 20.2 Å². The Morgan fingerprint density at radius 1 is 0.927 bits per heavy atom. The summed E-state index contributed by atoms with van der Waals surface area (Å²) in [7, 11) is 1.34. The summed E-state index contributed by atoms with van der Waals surface area (Å²) in [5.41, 5.74) is 1.94. The third-order valence-corrected chi connectivity index (χ3v) is 8.36. The fraction of sp³-hybridized carbons (Fsp3) is 0.212. The predicted octanol–water partition coefficient (Wildman–Crippen LogP) is 6.32. The number of esters is 1. The highest BCUT2D eigenvalue weighted by Gasteiger charge is 2.29. The van der Waals surface area contributed by atoms with Gasteiger partial charge in [0.15, 0.2) is 0 Å². The summed E-state index contributed by atoms with van der Waals surface area (Å²) in [4.78, 5) is 46.6. The first-order valence-corrected chi connectivity index (χ1v) is 14.4. The Kier molecular flexibility index (Phi) is 7.41. The zero-order valence-corrected chi connectivity index (χ0v) is 24.1. The number of aromatic nitrogens is 2. The summed E-state index contributed by atoms with van der Waals surface area (Å²) in [6, 6.07) is 24.8. The second kappa shape index (κ2) is 11.3. The highest BCUT2D eigenvalue weighted by Crippen LogP contribution is 2.34. The molecule has 2 aromatic heterocycles. The number of hydrogen-bond acceptors (Lipinski definition) is 5. The molecule has 0 saturated carbocycles. The molecule has 41 heavy (non-hydrogen) atoms. The number of pyridine rings is 2. The zero-order valence-electron chi connectivity index (χ0n) is 22.5. The summed E-state index contributed by atoms with van der Waals surface area (Å²) in [5.74, 6) is -0.552. The molecule has 206 valence electrons. The minimum absolute atomic E-state index is 0.0933. The van der Waals surface area contributed by atoms with Gasteiger partial charge in [0, 0.05) is 46.6 Å². The van der Waals surface area contributed by atoms with E-state index in [1.165, 1.54) is 7.11 Å². The smallest absolute Gasteiger partial charge is 0.355 e. The molecule has 1 aliphatic rings. The average molecular weight is 611 g/mol. The van der Waals surface area contributed by atoms with Crippen LogP contribution in [0.2, 0.25) is 0 Å². The van der Waals surface area contributed by atoms with Crippen LogP contribution in [0.1, 0.15) is 33.8 Å². The van der Waals surface area contributed by atoms with Crippen LogP contribution >= 0.6 is 15.9 Å². The van der Waals surface area contributed by atoms with Gasteiger partial charge in [-0.25, -0.2) is 4.79 Å². The van der Waals surface area contributed by atoms with E-state index in [2.05, 4.69) is 20.9 Å². The molecule has 7 nitrogen and oxygen atoms in total. The van der Waals surface area contributed by atoms with Gasteiger partial charge in [0.2, 0.25) is 0 Å². The number of carbonyl (C=O) groups is 2. The molecular formula is C33H28BrN3O4. The molecule has 0 radical (unpaired) electrons. The summed E-state index contributed by atoms with van der Waals surface area (Å²) >= 11 is 3.52. The Balaban J connectivity index is 1.32. The van der Waals surface area contributed by atoms with E-state index in [0.29, 0.717) is 54.5 Å². The normalized spacial score (nSPS) is 14.0.